The fourth-order valence-corrected chi connectivity index (χ4v) is 2.37. The Kier molecular flexibility index (Phi) is 5.35. The molecule has 0 saturated heterocycles. The Hall–Kier alpha value is -1.35. The lowest BCUT2D eigenvalue weighted by Crippen LogP contribution is -2.32. The monoisotopic (exact) mass is 249 g/mol. The fraction of sp³-hybridized carbons (Fsp3) is 0.533. The predicted octanol–water partition coefficient (Wildman–Crippen LogP) is 2.96. The molecule has 3 heteroatoms. The van der Waals surface area contributed by atoms with Crippen LogP contribution in [0.15, 0.2) is 24.3 Å². The molecule has 0 aliphatic carbocycles. The highest BCUT2D eigenvalue weighted by Gasteiger charge is 2.29. The minimum Gasteiger partial charge on any atom is -0.481 e. The van der Waals surface area contributed by atoms with Crippen LogP contribution in [0.1, 0.15) is 37.4 Å². The van der Waals surface area contributed by atoms with Gasteiger partial charge in [0.05, 0.1) is 5.92 Å². The van der Waals surface area contributed by atoms with E-state index in [9.17, 15) is 9.90 Å². The Bertz CT molecular complexity index is 384. The summed E-state index contributed by atoms with van der Waals surface area (Å²) in [4.78, 5) is 13.3. The second-order valence-corrected chi connectivity index (χ2v) is 4.86. The first-order chi connectivity index (χ1) is 8.51. The molecule has 3 nitrogen and oxygen atoms in total. The molecule has 0 fully saturated rings. The van der Waals surface area contributed by atoms with Crippen molar-refractivity contribution >= 4 is 5.97 Å². The fourth-order valence-electron chi connectivity index (χ4n) is 2.37. The molecule has 0 aliphatic rings. The lowest BCUT2D eigenvalue weighted by atomic mass is 9.89. The number of aliphatic carboxylic acids is 1. The van der Waals surface area contributed by atoms with E-state index in [2.05, 4.69) is 31.2 Å². The summed E-state index contributed by atoms with van der Waals surface area (Å²) in [5.41, 5.74) is 2.35. The van der Waals surface area contributed by atoms with E-state index in [0.29, 0.717) is 6.42 Å². The van der Waals surface area contributed by atoms with Gasteiger partial charge < -0.3 is 10.0 Å². The highest BCUT2D eigenvalue weighted by atomic mass is 16.4. The zero-order chi connectivity index (χ0) is 13.7. The molecule has 1 N–H and O–H groups in total. The van der Waals surface area contributed by atoms with Crippen molar-refractivity contribution < 1.29 is 9.90 Å². The molecule has 2 atom stereocenters. The highest BCUT2D eigenvalue weighted by molar-refractivity contribution is 5.71. The van der Waals surface area contributed by atoms with E-state index in [0.717, 1.165) is 12.0 Å². The number of rotatable bonds is 6. The number of hydrogen-bond donors (Lipinski definition) is 1. The molecule has 18 heavy (non-hydrogen) atoms. The first-order valence-corrected chi connectivity index (χ1v) is 6.49. The van der Waals surface area contributed by atoms with Gasteiger partial charge in [0.25, 0.3) is 0 Å². The molecular weight excluding hydrogens is 226 g/mol. The van der Waals surface area contributed by atoms with Crippen molar-refractivity contribution in [3.05, 3.63) is 35.4 Å². The van der Waals surface area contributed by atoms with Crippen LogP contribution in [-0.4, -0.2) is 30.1 Å². The molecule has 0 aliphatic heterocycles. The van der Waals surface area contributed by atoms with Crippen LogP contribution in [0.2, 0.25) is 0 Å². The van der Waals surface area contributed by atoms with Crippen LogP contribution in [0.3, 0.4) is 0 Å². The number of carboxylic acid groups (broad SMARTS) is 1. The molecule has 1 aromatic carbocycles. The van der Waals surface area contributed by atoms with E-state index in [4.69, 9.17) is 0 Å². The number of hydrogen-bond acceptors (Lipinski definition) is 2. The molecule has 0 bridgehead atoms. The van der Waals surface area contributed by atoms with Gasteiger partial charge in [-0.3, -0.25) is 4.79 Å². The summed E-state index contributed by atoms with van der Waals surface area (Å²) in [5.74, 6) is -1.09. The molecular formula is C15H23NO2. The molecule has 1 rings (SSSR count). The summed E-state index contributed by atoms with van der Waals surface area (Å²) in [7, 11) is 3.87. The number of benzene rings is 1. The van der Waals surface area contributed by atoms with E-state index < -0.39 is 5.97 Å². The van der Waals surface area contributed by atoms with Crippen LogP contribution in [0.5, 0.6) is 0 Å². The van der Waals surface area contributed by atoms with E-state index >= 15 is 0 Å². The standard InChI is InChI=1S/C15H23NO2/c1-5-11-7-9-12(10-8-11)14(16(3)4)13(6-2)15(17)18/h7-10,13-14H,5-6H2,1-4H3,(H,17,18). The molecule has 0 saturated carbocycles. The van der Waals surface area contributed by atoms with Gasteiger partial charge >= 0.3 is 5.97 Å². The van der Waals surface area contributed by atoms with Gasteiger partial charge in [-0.15, -0.1) is 0 Å². The van der Waals surface area contributed by atoms with Crippen molar-refractivity contribution in [2.75, 3.05) is 14.1 Å². The quantitative estimate of drug-likeness (QED) is 0.842. The summed E-state index contributed by atoms with van der Waals surface area (Å²) < 4.78 is 0. The maximum absolute atomic E-state index is 11.3. The third kappa shape index (κ3) is 3.33. The zero-order valence-corrected chi connectivity index (χ0v) is 11.7. The summed E-state index contributed by atoms with van der Waals surface area (Å²) in [5, 5.41) is 9.33. The van der Waals surface area contributed by atoms with Gasteiger partial charge in [-0.1, -0.05) is 38.1 Å². The number of carbonyl (C=O) groups is 1. The van der Waals surface area contributed by atoms with Crippen LogP contribution in [-0.2, 0) is 11.2 Å². The van der Waals surface area contributed by atoms with Crippen LogP contribution in [0, 0.1) is 5.92 Å². The van der Waals surface area contributed by atoms with Gasteiger partial charge in [0.15, 0.2) is 0 Å². The summed E-state index contributed by atoms with van der Waals surface area (Å²) in [6.45, 7) is 4.04. The smallest absolute Gasteiger partial charge is 0.308 e. The van der Waals surface area contributed by atoms with E-state index in [1.165, 1.54) is 5.56 Å². The maximum atomic E-state index is 11.3. The Morgan fingerprint density at radius 3 is 2.11 bits per heavy atom. The van der Waals surface area contributed by atoms with Crippen molar-refractivity contribution in [1.29, 1.82) is 0 Å². The minimum absolute atomic E-state index is 0.0709. The van der Waals surface area contributed by atoms with E-state index in [-0.39, 0.29) is 12.0 Å². The number of carboxylic acids is 1. The molecule has 0 aromatic heterocycles. The minimum atomic E-state index is -0.726. The predicted molar refractivity (Wildman–Crippen MR) is 73.7 cm³/mol. The van der Waals surface area contributed by atoms with Gasteiger partial charge in [-0.25, -0.2) is 0 Å². The molecule has 0 heterocycles. The third-order valence-corrected chi connectivity index (χ3v) is 3.42. The molecule has 0 amide bonds. The largest absolute Gasteiger partial charge is 0.481 e. The molecule has 0 spiro atoms. The number of aryl methyl sites for hydroxylation is 1. The van der Waals surface area contributed by atoms with Gasteiger partial charge in [0, 0.05) is 6.04 Å². The third-order valence-electron chi connectivity index (χ3n) is 3.42. The maximum Gasteiger partial charge on any atom is 0.308 e. The molecule has 2 unspecified atom stereocenters. The number of nitrogens with zero attached hydrogens (tertiary/aromatic N) is 1. The van der Waals surface area contributed by atoms with Crippen molar-refractivity contribution in [3.8, 4) is 0 Å². The first kappa shape index (κ1) is 14.7. The van der Waals surface area contributed by atoms with Crippen molar-refractivity contribution in [3.63, 3.8) is 0 Å². The molecule has 0 radical (unpaired) electrons. The second-order valence-electron chi connectivity index (χ2n) is 4.86. The highest BCUT2D eigenvalue weighted by Crippen LogP contribution is 2.29. The summed E-state index contributed by atoms with van der Waals surface area (Å²) in [6, 6.07) is 8.20. The van der Waals surface area contributed by atoms with Gasteiger partial charge in [-0.05, 0) is 38.1 Å². The summed E-state index contributed by atoms with van der Waals surface area (Å²) in [6.07, 6.45) is 1.64. The lowest BCUT2D eigenvalue weighted by molar-refractivity contribution is -0.144. The normalized spacial score (nSPS) is 14.5. The van der Waals surface area contributed by atoms with Gasteiger partial charge in [0.1, 0.15) is 0 Å². The van der Waals surface area contributed by atoms with Crippen molar-refractivity contribution in [2.24, 2.45) is 5.92 Å². The average Bonchev–Trinajstić information content (AvgIpc) is 2.35. The second kappa shape index (κ2) is 6.55. The summed E-state index contributed by atoms with van der Waals surface area (Å²) >= 11 is 0. The zero-order valence-electron chi connectivity index (χ0n) is 11.7. The van der Waals surface area contributed by atoms with E-state index in [1.54, 1.807) is 0 Å². The molecule has 100 valence electrons. The SMILES string of the molecule is CCc1ccc(C(C(CC)C(=O)O)N(C)C)cc1. The van der Waals surface area contributed by atoms with E-state index in [1.807, 2.05) is 25.9 Å². The van der Waals surface area contributed by atoms with Crippen LogP contribution in [0.25, 0.3) is 0 Å². The van der Waals surface area contributed by atoms with Crippen LogP contribution in [0.4, 0.5) is 0 Å². The topological polar surface area (TPSA) is 40.5 Å². The lowest BCUT2D eigenvalue weighted by Gasteiger charge is -2.29. The Morgan fingerprint density at radius 2 is 1.78 bits per heavy atom. The Morgan fingerprint density at radius 1 is 1.22 bits per heavy atom. The Labute approximate surface area is 109 Å². The Balaban J connectivity index is 3.06. The van der Waals surface area contributed by atoms with Crippen LogP contribution >= 0.6 is 0 Å². The van der Waals surface area contributed by atoms with Gasteiger partial charge in [0.2, 0.25) is 0 Å². The molecule has 1 aromatic rings. The average molecular weight is 249 g/mol. The van der Waals surface area contributed by atoms with Crippen molar-refractivity contribution in [2.45, 2.75) is 32.7 Å². The van der Waals surface area contributed by atoms with Crippen molar-refractivity contribution in [1.82, 2.24) is 4.90 Å². The first-order valence-electron chi connectivity index (χ1n) is 6.49. The van der Waals surface area contributed by atoms with Crippen LogP contribution < -0.4 is 0 Å². The van der Waals surface area contributed by atoms with Gasteiger partial charge in [-0.2, -0.15) is 0 Å².